The Morgan fingerprint density at radius 1 is 1.03 bits per heavy atom. The van der Waals surface area contributed by atoms with Crippen LogP contribution in [0.15, 0.2) is 42.5 Å². The van der Waals surface area contributed by atoms with Gasteiger partial charge in [0.15, 0.2) is 5.82 Å². The van der Waals surface area contributed by atoms with Crippen molar-refractivity contribution in [2.24, 2.45) is 0 Å². The zero-order valence-corrected chi connectivity index (χ0v) is 21.3. The van der Waals surface area contributed by atoms with Crippen LogP contribution < -0.4 is 4.90 Å². The first kappa shape index (κ1) is 22.9. The first-order valence-corrected chi connectivity index (χ1v) is 13.4. The molecule has 1 aromatic heterocycles. The molecule has 11 heteroatoms. The van der Waals surface area contributed by atoms with Crippen LogP contribution in [0.1, 0.15) is 35.4 Å². The molecule has 0 aliphatic carbocycles. The molecule has 184 valence electrons. The van der Waals surface area contributed by atoms with E-state index in [0.29, 0.717) is 23.4 Å². The fourth-order valence-corrected chi connectivity index (χ4v) is 6.66. The number of halogens is 1. The molecular formula is C24H27ClN6O3S. The van der Waals surface area contributed by atoms with Gasteiger partial charge in [-0.25, -0.2) is 0 Å². The Kier molecular flexibility index (Phi) is 5.42. The maximum Gasteiger partial charge on any atom is 0.282 e. The van der Waals surface area contributed by atoms with Gasteiger partial charge in [-0.3, -0.25) is 4.57 Å². The van der Waals surface area contributed by atoms with Gasteiger partial charge in [-0.15, -0.1) is 10.2 Å². The van der Waals surface area contributed by atoms with E-state index in [-0.39, 0.29) is 18.7 Å². The van der Waals surface area contributed by atoms with Crippen LogP contribution in [-0.4, -0.2) is 59.0 Å². The monoisotopic (exact) mass is 514 g/mol. The first-order chi connectivity index (χ1) is 16.8. The number of piperidine rings is 1. The third kappa shape index (κ3) is 3.66. The number of anilines is 1. The number of fused-ring (bicyclic) bond motifs is 5. The van der Waals surface area contributed by atoms with Crippen molar-refractivity contribution in [3.05, 3.63) is 70.0 Å². The van der Waals surface area contributed by atoms with E-state index in [1.807, 2.05) is 22.8 Å². The topological polar surface area (TPSA) is 83.8 Å². The van der Waals surface area contributed by atoms with Crippen LogP contribution in [0.2, 0.25) is 5.02 Å². The van der Waals surface area contributed by atoms with Crippen LogP contribution in [0.3, 0.4) is 0 Å². The Hall–Kier alpha value is -2.50. The first-order valence-electron chi connectivity index (χ1n) is 11.7. The van der Waals surface area contributed by atoms with Crippen molar-refractivity contribution in [3.63, 3.8) is 0 Å². The van der Waals surface area contributed by atoms with Crippen molar-refractivity contribution in [1.82, 2.24) is 23.4 Å². The van der Waals surface area contributed by atoms with Gasteiger partial charge in [-0.05, 0) is 47.7 Å². The molecule has 3 aliphatic rings. The van der Waals surface area contributed by atoms with E-state index in [4.69, 9.17) is 16.3 Å². The number of hydrogen-bond donors (Lipinski definition) is 0. The SMILES string of the molecule is CN(C)S(=O)(=O)N1Cc2cc(Cl)ccc2-n2c(nnc2N2CCC3(CC2)OCc2ccccc23)C1. The summed E-state index contributed by atoms with van der Waals surface area (Å²) >= 11 is 6.31. The molecule has 0 amide bonds. The van der Waals surface area contributed by atoms with E-state index in [0.717, 1.165) is 37.2 Å². The van der Waals surface area contributed by atoms with Gasteiger partial charge in [-0.2, -0.15) is 17.0 Å². The van der Waals surface area contributed by atoms with E-state index < -0.39 is 10.2 Å². The number of ether oxygens (including phenoxy) is 1. The van der Waals surface area contributed by atoms with Crippen molar-refractivity contribution < 1.29 is 13.2 Å². The molecule has 35 heavy (non-hydrogen) atoms. The maximum atomic E-state index is 13.0. The van der Waals surface area contributed by atoms with Crippen molar-refractivity contribution in [2.45, 2.75) is 38.1 Å². The minimum Gasteiger partial charge on any atom is -0.365 e. The molecule has 9 nitrogen and oxygen atoms in total. The minimum absolute atomic E-state index is 0.119. The van der Waals surface area contributed by atoms with Crippen LogP contribution in [-0.2, 0) is 40.2 Å². The van der Waals surface area contributed by atoms with Crippen LogP contribution in [0, 0.1) is 0 Å². The largest absolute Gasteiger partial charge is 0.365 e. The van der Waals surface area contributed by atoms with Gasteiger partial charge in [0.2, 0.25) is 5.95 Å². The molecule has 0 atom stereocenters. The molecule has 1 saturated heterocycles. The zero-order valence-electron chi connectivity index (χ0n) is 19.7. The van der Waals surface area contributed by atoms with Gasteiger partial charge in [0, 0.05) is 38.8 Å². The molecule has 3 aromatic rings. The van der Waals surface area contributed by atoms with Crippen molar-refractivity contribution >= 4 is 27.8 Å². The molecule has 3 aliphatic heterocycles. The summed E-state index contributed by atoms with van der Waals surface area (Å²) in [6, 6.07) is 14.0. The Morgan fingerprint density at radius 2 is 1.80 bits per heavy atom. The van der Waals surface area contributed by atoms with E-state index in [2.05, 4.69) is 39.4 Å². The second-order valence-corrected chi connectivity index (χ2v) is 12.1. The van der Waals surface area contributed by atoms with Crippen molar-refractivity contribution in [1.29, 1.82) is 0 Å². The number of nitrogens with zero attached hydrogens (tertiary/aromatic N) is 6. The molecule has 4 heterocycles. The summed E-state index contributed by atoms with van der Waals surface area (Å²) in [7, 11) is -0.609. The Balaban J connectivity index is 1.36. The van der Waals surface area contributed by atoms with Gasteiger partial charge < -0.3 is 9.64 Å². The van der Waals surface area contributed by atoms with Crippen molar-refractivity contribution in [3.8, 4) is 5.69 Å². The average molecular weight is 515 g/mol. The highest BCUT2D eigenvalue weighted by Crippen LogP contribution is 2.45. The second-order valence-electron chi connectivity index (χ2n) is 9.51. The summed E-state index contributed by atoms with van der Waals surface area (Å²) in [5.41, 5.74) is 3.97. The van der Waals surface area contributed by atoms with E-state index >= 15 is 0 Å². The second kappa shape index (κ2) is 8.28. The summed E-state index contributed by atoms with van der Waals surface area (Å²) in [5.74, 6) is 1.29. The summed E-state index contributed by atoms with van der Waals surface area (Å²) in [6.45, 7) is 2.49. The summed E-state index contributed by atoms with van der Waals surface area (Å²) in [4.78, 5) is 2.22. The molecule has 1 spiro atoms. The van der Waals surface area contributed by atoms with Crippen LogP contribution in [0.4, 0.5) is 5.95 Å². The summed E-state index contributed by atoms with van der Waals surface area (Å²) in [5, 5.41) is 9.54. The van der Waals surface area contributed by atoms with Gasteiger partial charge in [0.05, 0.1) is 24.4 Å². The summed E-state index contributed by atoms with van der Waals surface area (Å²) in [6.07, 6.45) is 1.70. The van der Waals surface area contributed by atoms with Gasteiger partial charge in [-0.1, -0.05) is 35.9 Å². The molecule has 2 aromatic carbocycles. The highest BCUT2D eigenvalue weighted by molar-refractivity contribution is 7.86. The van der Waals surface area contributed by atoms with E-state index in [9.17, 15) is 8.42 Å². The normalized spacial score (nSPS) is 19.5. The Labute approximate surface area is 210 Å². The molecule has 0 saturated carbocycles. The lowest BCUT2D eigenvalue weighted by Gasteiger charge is -2.39. The highest BCUT2D eigenvalue weighted by atomic mass is 35.5. The zero-order chi connectivity index (χ0) is 24.4. The van der Waals surface area contributed by atoms with Gasteiger partial charge in [0.25, 0.3) is 10.2 Å². The highest BCUT2D eigenvalue weighted by Gasteiger charge is 2.43. The average Bonchev–Trinajstić information content (AvgIpc) is 3.37. The maximum absolute atomic E-state index is 13.0. The standard InChI is InChI=1S/C24H27ClN6O3S/c1-28(2)35(32,33)30-14-18-13-19(25)7-8-21(18)31-22(15-30)26-27-23(31)29-11-9-24(10-12-29)20-6-4-3-5-17(20)16-34-24/h3-8,13H,9-12,14-16H2,1-2H3. The molecule has 0 radical (unpaired) electrons. The number of hydrogen-bond acceptors (Lipinski definition) is 6. The smallest absolute Gasteiger partial charge is 0.282 e. The van der Waals surface area contributed by atoms with Gasteiger partial charge >= 0.3 is 0 Å². The number of rotatable bonds is 3. The molecule has 1 fully saturated rings. The van der Waals surface area contributed by atoms with E-state index in [1.165, 1.54) is 33.8 Å². The predicted octanol–water partition coefficient (Wildman–Crippen LogP) is 3.07. The van der Waals surface area contributed by atoms with Gasteiger partial charge in [0.1, 0.15) is 0 Å². The van der Waals surface area contributed by atoms with Crippen LogP contribution in [0.5, 0.6) is 0 Å². The lowest BCUT2D eigenvalue weighted by molar-refractivity contribution is -0.0553. The minimum atomic E-state index is -3.67. The van der Waals surface area contributed by atoms with Crippen molar-refractivity contribution in [2.75, 3.05) is 32.1 Å². The molecule has 6 rings (SSSR count). The summed E-state index contributed by atoms with van der Waals surface area (Å²) < 4.78 is 37.0. The fourth-order valence-electron chi connectivity index (χ4n) is 5.42. The quantitative estimate of drug-likeness (QED) is 0.534. The molecular weight excluding hydrogens is 488 g/mol. The third-order valence-electron chi connectivity index (χ3n) is 7.31. The van der Waals surface area contributed by atoms with Crippen LogP contribution in [0.25, 0.3) is 5.69 Å². The Morgan fingerprint density at radius 3 is 2.57 bits per heavy atom. The van der Waals surface area contributed by atoms with Crippen LogP contribution >= 0.6 is 11.6 Å². The van der Waals surface area contributed by atoms with E-state index in [1.54, 1.807) is 0 Å². The molecule has 0 N–H and O–H groups in total. The Bertz CT molecular complexity index is 1400. The molecule has 0 bridgehead atoms. The predicted molar refractivity (Wildman–Crippen MR) is 133 cm³/mol. The third-order valence-corrected chi connectivity index (χ3v) is 9.38. The number of benzene rings is 2. The fraction of sp³-hybridized carbons (Fsp3) is 0.417. The lowest BCUT2D eigenvalue weighted by Crippen LogP contribution is -2.43. The lowest BCUT2D eigenvalue weighted by atomic mass is 9.84. The molecule has 0 unspecified atom stereocenters. The number of aromatic nitrogens is 3.